The maximum absolute atomic E-state index is 11.7. The topological polar surface area (TPSA) is 55.1 Å². The number of anilines is 1. The quantitative estimate of drug-likeness (QED) is 0.800. The Morgan fingerprint density at radius 1 is 1.50 bits per heavy atom. The van der Waals surface area contributed by atoms with E-state index in [-0.39, 0.29) is 6.54 Å². The zero-order valence-electron chi connectivity index (χ0n) is 6.89. The van der Waals surface area contributed by atoms with Crippen molar-refractivity contribution >= 4 is 22.2 Å². The van der Waals surface area contributed by atoms with Gasteiger partial charge in [-0.15, -0.1) is 11.3 Å². The number of carbonyl (C=O) groups is 1. The van der Waals surface area contributed by atoms with E-state index in [1.165, 1.54) is 0 Å². The van der Waals surface area contributed by atoms with Crippen LogP contribution in [0.1, 0.15) is 4.88 Å². The highest BCUT2D eigenvalue weighted by molar-refractivity contribution is 7.15. The smallest absolute Gasteiger partial charge is 0.391 e. The van der Waals surface area contributed by atoms with E-state index in [0.29, 0.717) is 9.88 Å². The minimum absolute atomic E-state index is 0.153. The molecule has 0 fully saturated rings. The van der Waals surface area contributed by atoms with Crippen LogP contribution in [0, 0.1) is 0 Å². The fourth-order valence-electron chi connectivity index (χ4n) is 0.757. The molecule has 0 unspecified atom stereocenters. The summed E-state index contributed by atoms with van der Waals surface area (Å²) in [4.78, 5) is 11.0. The van der Waals surface area contributed by atoms with Crippen LogP contribution in [-0.2, 0) is 11.3 Å². The zero-order chi connectivity index (χ0) is 10.8. The summed E-state index contributed by atoms with van der Waals surface area (Å²) in [7, 11) is 0. The first-order valence-electron chi connectivity index (χ1n) is 3.59. The summed E-state index contributed by atoms with van der Waals surface area (Å²) in [5.74, 6) is -1.94. The van der Waals surface area contributed by atoms with Crippen molar-refractivity contribution in [2.45, 2.75) is 12.7 Å². The van der Waals surface area contributed by atoms with Gasteiger partial charge in [0, 0.05) is 4.88 Å². The Labute approximate surface area is 81.7 Å². The van der Waals surface area contributed by atoms with Crippen LogP contribution in [0.2, 0.25) is 0 Å². The number of halogens is 3. The van der Waals surface area contributed by atoms with Crippen molar-refractivity contribution in [3.8, 4) is 0 Å². The lowest BCUT2D eigenvalue weighted by molar-refractivity contribution is -0.173. The molecule has 0 radical (unpaired) electrons. The van der Waals surface area contributed by atoms with E-state index >= 15 is 0 Å². The van der Waals surface area contributed by atoms with E-state index in [2.05, 4.69) is 0 Å². The maximum atomic E-state index is 11.7. The SMILES string of the molecule is Nc1ccc(CNC(=O)C(F)(F)F)s1. The van der Waals surface area contributed by atoms with E-state index in [4.69, 9.17) is 5.73 Å². The molecule has 0 saturated heterocycles. The molecule has 0 aliphatic rings. The fraction of sp³-hybridized carbons (Fsp3) is 0.286. The Bertz CT molecular complexity index is 334. The van der Waals surface area contributed by atoms with Crippen molar-refractivity contribution in [1.29, 1.82) is 0 Å². The van der Waals surface area contributed by atoms with Gasteiger partial charge in [-0.05, 0) is 12.1 Å². The van der Waals surface area contributed by atoms with E-state index in [9.17, 15) is 18.0 Å². The van der Waals surface area contributed by atoms with Crippen molar-refractivity contribution in [1.82, 2.24) is 5.32 Å². The molecule has 78 valence electrons. The minimum Gasteiger partial charge on any atom is -0.391 e. The third-order valence-electron chi connectivity index (χ3n) is 1.36. The number of nitrogens with one attached hydrogen (secondary N) is 1. The molecule has 1 aromatic heterocycles. The number of hydrogen-bond acceptors (Lipinski definition) is 3. The third kappa shape index (κ3) is 2.91. The first kappa shape index (κ1) is 10.8. The first-order chi connectivity index (χ1) is 6.39. The van der Waals surface area contributed by atoms with Crippen LogP contribution in [0.3, 0.4) is 0 Å². The van der Waals surface area contributed by atoms with Crippen molar-refractivity contribution in [2.24, 2.45) is 0 Å². The van der Waals surface area contributed by atoms with Crippen LogP contribution < -0.4 is 11.1 Å². The molecular formula is C7H7F3N2OS. The average Bonchev–Trinajstić information content (AvgIpc) is 2.45. The summed E-state index contributed by atoms with van der Waals surface area (Å²) in [5, 5.41) is 2.24. The molecule has 7 heteroatoms. The molecule has 0 atom stereocenters. The van der Waals surface area contributed by atoms with Gasteiger partial charge in [-0.3, -0.25) is 4.79 Å². The van der Waals surface area contributed by atoms with E-state index < -0.39 is 12.1 Å². The molecule has 0 aliphatic carbocycles. The number of nitrogens with two attached hydrogens (primary N) is 1. The van der Waals surface area contributed by atoms with Gasteiger partial charge in [0.05, 0.1) is 11.5 Å². The largest absolute Gasteiger partial charge is 0.471 e. The number of alkyl halides is 3. The van der Waals surface area contributed by atoms with Crippen LogP contribution in [-0.4, -0.2) is 12.1 Å². The summed E-state index contributed by atoms with van der Waals surface area (Å²) >= 11 is 1.14. The van der Waals surface area contributed by atoms with Crippen LogP contribution in [0.4, 0.5) is 18.2 Å². The lowest BCUT2D eigenvalue weighted by Gasteiger charge is -2.05. The number of nitrogen functional groups attached to an aromatic ring is 1. The highest BCUT2D eigenvalue weighted by Gasteiger charge is 2.38. The number of carbonyl (C=O) groups excluding carboxylic acids is 1. The number of amides is 1. The molecule has 1 amide bonds. The van der Waals surface area contributed by atoms with Gasteiger partial charge in [0.1, 0.15) is 0 Å². The molecule has 0 bridgehead atoms. The van der Waals surface area contributed by atoms with Gasteiger partial charge in [-0.2, -0.15) is 13.2 Å². The lowest BCUT2D eigenvalue weighted by Crippen LogP contribution is -2.36. The van der Waals surface area contributed by atoms with Crippen LogP contribution >= 0.6 is 11.3 Å². The lowest BCUT2D eigenvalue weighted by atomic mass is 10.4. The molecule has 1 aromatic rings. The molecule has 1 rings (SSSR count). The van der Waals surface area contributed by atoms with Gasteiger partial charge >= 0.3 is 12.1 Å². The maximum Gasteiger partial charge on any atom is 0.471 e. The highest BCUT2D eigenvalue weighted by Crippen LogP contribution is 2.19. The highest BCUT2D eigenvalue weighted by atomic mass is 32.1. The van der Waals surface area contributed by atoms with Crippen LogP contribution in [0.25, 0.3) is 0 Å². The standard InChI is InChI=1S/C7H7F3N2OS/c8-7(9,10)6(13)12-3-4-1-2-5(11)14-4/h1-2H,3,11H2,(H,12,13). The molecule has 0 aliphatic heterocycles. The van der Waals surface area contributed by atoms with Crippen molar-refractivity contribution in [3.63, 3.8) is 0 Å². The van der Waals surface area contributed by atoms with Gasteiger partial charge < -0.3 is 11.1 Å². The summed E-state index contributed by atoms with van der Waals surface area (Å²) in [5.41, 5.74) is 5.35. The average molecular weight is 224 g/mol. The summed E-state index contributed by atoms with van der Waals surface area (Å²) < 4.78 is 35.2. The molecule has 0 aromatic carbocycles. The molecule has 0 saturated carbocycles. The fourth-order valence-corrected chi connectivity index (χ4v) is 1.48. The number of rotatable bonds is 2. The second-order valence-electron chi connectivity index (χ2n) is 2.48. The molecular weight excluding hydrogens is 217 g/mol. The Morgan fingerprint density at radius 3 is 2.57 bits per heavy atom. The molecule has 3 N–H and O–H groups in total. The molecule has 3 nitrogen and oxygen atoms in total. The van der Waals surface area contributed by atoms with Gasteiger partial charge in [0.15, 0.2) is 0 Å². The molecule has 0 spiro atoms. The number of hydrogen-bond donors (Lipinski definition) is 2. The van der Waals surface area contributed by atoms with Crippen LogP contribution in [0.5, 0.6) is 0 Å². The van der Waals surface area contributed by atoms with Gasteiger partial charge in [-0.1, -0.05) is 0 Å². The van der Waals surface area contributed by atoms with E-state index in [1.54, 1.807) is 17.4 Å². The second-order valence-corrected chi connectivity index (χ2v) is 3.68. The Hall–Kier alpha value is -1.24. The van der Waals surface area contributed by atoms with Gasteiger partial charge in [0.25, 0.3) is 0 Å². The summed E-state index contributed by atoms with van der Waals surface area (Å²) in [6, 6.07) is 3.14. The third-order valence-corrected chi connectivity index (χ3v) is 2.28. The van der Waals surface area contributed by atoms with Crippen molar-refractivity contribution in [2.75, 3.05) is 5.73 Å². The molecule has 14 heavy (non-hydrogen) atoms. The van der Waals surface area contributed by atoms with E-state index in [1.807, 2.05) is 0 Å². The van der Waals surface area contributed by atoms with Crippen molar-refractivity contribution in [3.05, 3.63) is 17.0 Å². The zero-order valence-corrected chi connectivity index (χ0v) is 7.71. The summed E-state index contributed by atoms with van der Waals surface area (Å²) in [6.45, 7) is -0.153. The minimum atomic E-state index is -4.83. The predicted octanol–water partition coefficient (Wildman–Crippen LogP) is 1.51. The molecule has 1 heterocycles. The predicted molar refractivity (Wildman–Crippen MR) is 46.6 cm³/mol. The Kier molecular flexibility index (Phi) is 3.00. The van der Waals surface area contributed by atoms with Crippen LogP contribution in [0.15, 0.2) is 12.1 Å². The number of thiophene rings is 1. The van der Waals surface area contributed by atoms with Gasteiger partial charge in [-0.25, -0.2) is 0 Å². The second kappa shape index (κ2) is 3.87. The van der Waals surface area contributed by atoms with Gasteiger partial charge in [0.2, 0.25) is 0 Å². The van der Waals surface area contributed by atoms with E-state index in [0.717, 1.165) is 11.3 Å². The summed E-state index contributed by atoms with van der Waals surface area (Å²) in [6.07, 6.45) is -4.83. The Balaban J connectivity index is 2.46. The first-order valence-corrected chi connectivity index (χ1v) is 4.40. The Morgan fingerprint density at radius 2 is 2.14 bits per heavy atom. The normalized spacial score (nSPS) is 11.4. The monoisotopic (exact) mass is 224 g/mol. The van der Waals surface area contributed by atoms with Crippen molar-refractivity contribution < 1.29 is 18.0 Å².